The van der Waals surface area contributed by atoms with E-state index >= 15 is 0 Å². The summed E-state index contributed by atoms with van der Waals surface area (Å²) in [6.07, 6.45) is 6.48. The number of fused-ring (bicyclic) bond motifs is 1. The number of oxazole rings is 1. The third kappa shape index (κ3) is 2.39. The molecule has 1 aromatic heterocycles. The average molecular weight is 259 g/mol. The lowest BCUT2D eigenvalue weighted by molar-refractivity contribution is 0.398. The minimum atomic E-state index is 0.573. The molecule has 0 unspecified atom stereocenters. The molecule has 102 valence electrons. The summed E-state index contributed by atoms with van der Waals surface area (Å²) in [5.74, 6) is 0. The second-order valence-corrected chi connectivity index (χ2v) is 5.30. The molecule has 4 heteroatoms. The lowest BCUT2D eigenvalue weighted by Gasteiger charge is -2.32. The van der Waals surface area contributed by atoms with Gasteiger partial charge >= 0.3 is 0 Å². The Morgan fingerprint density at radius 2 is 2.11 bits per heavy atom. The van der Waals surface area contributed by atoms with Crippen LogP contribution in [-0.4, -0.2) is 17.6 Å². The number of nitrogens with zero attached hydrogens (tertiary/aromatic N) is 2. The lowest BCUT2D eigenvalue weighted by Crippen LogP contribution is -2.36. The van der Waals surface area contributed by atoms with E-state index in [1.54, 1.807) is 0 Å². The quantitative estimate of drug-likeness (QED) is 0.856. The van der Waals surface area contributed by atoms with Crippen LogP contribution in [0.5, 0.6) is 0 Å². The molecule has 1 saturated carbocycles. The van der Waals surface area contributed by atoms with Gasteiger partial charge in [0.15, 0.2) is 5.58 Å². The zero-order chi connectivity index (χ0) is 13.2. The van der Waals surface area contributed by atoms with Crippen molar-refractivity contribution in [3.8, 4) is 0 Å². The molecule has 1 fully saturated rings. The Bertz CT molecular complexity index is 558. The normalized spacial score (nSPS) is 16.9. The summed E-state index contributed by atoms with van der Waals surface area (Å²) in [4.78, 5) is 6.90. The molecule has 1 aliphatic rings. The molecule has 0 radical (unpaired) electrons. The molecule has 0 saturated heterocycles. The predicted octanol–water partition coefficient (Wildman–Crippen LogP) is 3.57. The fourth-order valence-corrected chi connectivity index (χ4v) is 2.99. The number of hydrogen-bond donors (Lipinski definition) is 1. The van der Waals surface area contributed by atoms with E-state index in [2.05, 4.69) is 16.8 Å². The third-order valence-corrected chi connectivity index (χ3v) is 4.00. The number of benzene rings is 1. The van der Waals surface area contributed by atoms with Crippen LogP contribution in [0.1, 0.15) is 39.0 Å². The molecule has 0 aliphatic heterocycles. The molecule has 1 aromatic carbocycles. The van der Waals surface area contributed by atoms with Crippen LogP contribution in [-0.2, 0) is 0 Å². The molecule has 2 aromatic rings. The summed E-state index contributed by atoms with van der Waals surface area (Å²) >= 11 is 0. The fraction of sp³-hybridized carbons (Fsp3) is 0.533. The maximum Gasteiger partial charge on any atom is 0.298 e. The second-order valence-electron chi connectivity index (χ2n) is 5.30. The van der Waals surface area contributed by atoms with Gasteiger partial charge in [0, 0.05) is 24.3 Å². The van der Waals surface area contributed by atoms with E-state index in [1.807, 2.05) is 18.2 Å². The Hall–Kier alpha value is -1.71. The van der Waals surface area contributed by atoms with E-state index in [0.717, 1.165) is 29.3 Å². The van der Waals surface area contributed by atoms with E-state index in [1.165, 1.54) is 32.1 Å². The number of aromatic nitrogens is 1. The first-order valence-corrected chi connectivity index (χ1v) is 7.20. The van der Waals surface area contributed by atoms with Gasteiger partial charge < -0.3 is 15.1 Å². The first-order chi connectivity index (χ1) is 9.28. The van der Waals surface area contributed by atoms with Gasteiger partial charge in [-0.25, -0.2) is 0 Å². The molecule has 0 atom stereocenters. The predicted molar refractivity (Wildman–Crippen MR) is 78.3 cm³/mol. The zero-order valence-corrected chi connectivity index (χ0v) is 11.4. The molecule has 1 aliphatic carbocycles. The number of rotatable bonds is 3. The van der Waals surface area contributed by atoms with Gasteiger partial charge in [-0.2, -0.15) is 4.98 Å². The highest BCUT2D eigenvalue weighted by molar-refractivity contribution is 5.78. The van der Waals surface area contributed by atoms with Crippen molar-refractivity contribution in [1.82, 2.24) is 4.98 Å². The minimum absolute atomic E-state index is 0.573. The zero-order valence-electron chi connectivity index (χ0n) is 11.4. The van der Waals surface area contributed by atoms with Gasteiger partial charge in [-0.1, -0.05) is 19.3 Å². The summed E-state index contributed by atoms with van der Waals surface area (Å²) in [5, 5.41) is 0. The van der Waals surface area contributed by atoms with Crippen molar-refractivity contribution in [3.05, 3.63) is 18.2 Å². The van der Waals surface area contributed by atoms with Gasteiger partial charge in [0.25, 0.3) is 6.01 Å². The molecule has 3 rings (SSSR count). The van der Waals surface area contributed by atoms with Crippen LogP contribution in [0.15, 0.2) is 22.6 Å². The molecule has 2 N–H and O–H groups in total. The Kier molecular flexibility index (Phi) is 3.32. The summed E-state index contributed by atoms with van der Waals surface area (Å²) in [6.45, 7) is 3.10. The van der Waals surface area contributed by atoms with Gasteiger partial charge in [-0.05, 0) is 31.9 Å². The maximum atomic E-state index is 5.89. The van der Waals surface area contributed by atoms with Crippen molar-refractivity contribution >= 4 is 22.8 Å². The lowest BCUT2D eigenvalue weighted by atomic mass is 9.94. The number of nitrogen functional groups attached to an aromatic ring is 1. The van der Waals surface area contributed by atoms with Gasteiger partial charge in [0.2, 0.25) is 0 Å². The summed E-state index contributed by atoms with van der Waals surface area (Å²) in [7, 11) is 0. The van der Waals surface area contributed by atoms with Crippen molar-refractivity contribution in [2.45, 2.75) is 45.1 Å². The number of hydrogen-bond acceptors (Lipinski definition) is 4. The van der Waals surface area contributed by atoms with Gasteiger partial charge in [-0.3, -0.25) is 0 Å². The Morgan fingerprint density at radius 3 is 2.84 bits per heavy atom. The van der Waals surface area contributed by atoms with Gasteiger partial charge in [0.1, 0.15) is 5.52 Å². The van der Waals surface area contributed by atoms with Crippen LogP contribution in [0.2, 0.25) is 0 Å². The van der Waals surface area contributed by atoms with Crippen LogP contribution < -0.4 is 10.6 Å². The Balaban J connectivity index is 1.91. The van der Waals surface area contributed by atoms with E-state index in [0.29, 0.717) is 6.04 Å². The fourth-order valence-electron chi connectivity index (χ4n) is 2.99. The van der Waals surface area contributed by atoms with E-state index < -0.39 is 0 Å². The maximum absolute atomic E-state index is 5.89. The molecular weight excluding hydrogens is 238 g/mol. The van der Waals surface area contributed by atoms with Gasteiger partial charge in [0.05, 0.1) is 0 Å². The molecule has 19 heavy (non-hydrogen) atoms. The van der Waals surface area contributed by atoms with Crippen molar-refractivity contribution in [1.29, 1.82) is 0 Å². The van der Waals surface area contributed by atoms with Crippen LogP contribution in [0.3, 0.4) is 0 Å². The van der Waals surface area contributed by atoms with E-state index in [-0.39, 0.29) is 0 Å². The molecule has 0 bridgehead atoms. The van der Waals surface area contributed by atoms with E-state index in [9.17, 15) is 0 Å². The van der Waals surface area contributed by atoms with Crippen molar-refractivity contribution < 1.29 is 4.42 Å². The van der Waals surface area contributed by atoms with Crippen LogP contribution in [0.25, 0.3) is 11.1 Å². The highest BCUT2D eigenvalue weighted by Crippen LogP contribution is 2.29. The first-order valence-electron chi connectivity index (χ1n) is 7.20. The van der Waals surface area contributed by atoms with Crippen LogP contribution in [0, 0.1) is 0 Å². The summed E-state index contributed by atoms with van der Waals surface area (Å²) in [6, 6.07) is 6.96. The largest absolute Gasteiger partial charge is 0.423 e. The van der Waals surface area contributed by atoms with Crippen LogP contribution in [0.4, 0.5) is 11.7 Å². The van der Waals surface area contributed by atoms with Crippen molar-refractivity contribution in [2.75, 3.05) is 17.2 Å². The summed E-state index contributed by atoms with van der Waals surface area (Å²) in [5.41, 5.74) is 8.17. The molecule has 0 amide bonds. The third-order valence-electron chi connectivity index (χ3n) is 4.00. The van der Waals surface area contributed by atoms with Crippen molar-refractivity contribution in [2.24, 2.45) is 0 Å². The molecule has 4 nitrogen and oxygen atoms in total. The smallest absolute Gasteiger partial charge is 0.298 e. The highest BCUT2D eigenvalue weighted by Gasteiger charge is 2.23. The van der Waals surface area contributed by atoms with Crippen LogP contribution >= 0.6 is 0 Å². The minimum Gasteiger partial charge on any atom is -0.423 e. The number of nitrogens with two attached hydrogens (primary N) is 1. The standard InChI is InChI=1S/C15H21N3O/c1-2-18(12-6-4-3-5-7-12)15-17-13-9-8-11(16)10-14(13)19-15/h8-10,12H,2-7,16H2,1H3. The Labute approximate surface area is 113 Å². The topological polar surface area (TPSA) is 55.3 Å². The summed E-state index contributed by atoms with van der Waals surface area (Å²) < 4.78 is 5.89. The molecular formula is C15H21N3O. The monoisotopic (exact) mass is 259 g/mol. The molecule has 0 spiro atoms. The van der Waals surface area contributed by atoms with Gasteiger partial charge in [-0.15, -0.1) is 0 Å². The van der Waals surface area contributed by atoms with Crippen molar-refractivity contribution in [3.63, 3.8) is 0 Å². The van der Waals surface area contributed by atoms with E-state index in [4.69, 9.17) is 10.2 Å². The highest BCUT2D eigenvalue weighted by atomic mass is 16.4. The second kappa shape index (κ2) is 5.11. The Morgan fingerprint density at radius 1 is 1.32 bits per heavy atom. The molecule has 1 heterocycles. The number of anilines is 2. The average Bonchev–Trinajstić information content (AvgIpc) is 2.83. The first kappa shape index (κ1) is 12.3. The SMILES string of the molecule is CCN(c1nc2ccc(N)cc2o1)C1CCCCC1.